The van der Waals surface area contributed by atoms with Gasteiger partial charge in [-0.1, -0.05) is 76.2 Å². The van der Waals surface area contributed by atoms with Crippen LogP contribution in [0.25, 0.3) is 11.1 Å². The minimum absolute atomic E-state index is 0.000632. The van der Waals surface area contributed by atoms with Crippen LogP contribution in [0.1, 0.15) is 65.4 Å². The first-order valence-electron chi connectivity index (χ1n) is 16.3. The highest BCUT2D eigenvalue weighted by atomic mass is 19.3. The van der Waals surface area contributed by atoms with Crippen molar-refractivity contribution >= 4 is 23.8 Å². The van der Waals surface area contributed by atoms with Crippen molar-refractivity contribution in [2.45, 2.75) is 96.1 Å². The standard InChI is InChI=1S/C35H46F2N4O6/c1-20(2)17-28(32(44)40-27(19-24-15-16-38-31(24)43)29(42)33(45)39-26-13-14-26)41-34(46)47-30(21(3)4)35(36,37)25-12-8-11-23(18-25)22-9-6-5-7-10-22/h5-12,18,20-21,24,26-30,42H,13-17,19H2,1-4H3,(H,38,43)(H,39,45)(H,40,44)(H,41,46)/t24-,27-,28-,29?,30?/m0/s1. The molecule has 0 bridgehead atoms. The molecule has 5 atom stereocenters. The maximum absolute atomic E-state index is 16.0. The predicted octanol–water partition coefficient (Wildman–Crippen LogP) is 4.26. The van der Waals surface area contributed by atoms with Crippen LogP contribution in [-0.2, 0) is 25.0 Å². The Morgan fingerprint density at radius 3 is 2.23 bits per heavy atom. The fourth-order valence-electron chi connectivity index (χ4n) is 5.75. The molecule has 2 aliphatic rings. The number of rotatable bonds is 15. The second-order valence-corrected chi connectivity index (χ2v) is 13.3. The van der Waals surface area contributed by atoms with Crippen molar-refractivity contribution in [2.75, 3.05) is 6.54 Å². The molecule has 1 heterocycles. The van der Waals surface area contributed by atoms with Crippen molar-refractivity contribution < 1.29 is 37.8 Å². The zero-order chi connectivity index (χ0) is 34.3. The number of nitrogens with one attached hydrogen (secondary N) is 4. The normalized spacial score (nSPS) is 19.0. The molecule has 0 spiro atoms. The predicted molar refractivity (Wildman–Crippen MR) is 172 cm³/mol. The summed E-state index contributed by atoms with van der Waals surface area (Å²) in [4.78, 5) is 51.8. The zero-order valence-electron chi connectivity index (χ0n) is 27.3. The van der Waals surface area contributed by atoms with Crippen LogP contribution in [0.2, 0.25) is 0 Å². The molecule has 5 N–H and O–H groups in total. The van der Waals surface area contributed by atoms with Gasteiger partial charge in [-0.05, 0) is 61.1 Å². The zero-order valence-corrected chi connectivity index (χ0v) is 27.3. The van der Waals surface area contributed by atoms with Crippen molar-refractivity contribution in [2.24, 2.45) is 17.8 Å². The molecule has 47 heavy (non-hydrogen) atoms. The van der Waals surface area contributed by atoms with E-state index in [0.717, 1.165) is 18.4 Å². The molecule has 1 aliphatic heterocycles. The van der Waals surface area contributed by atoms with E-state index in [1.165, 1.54) is 32.0 Å². The van der Waals surface area contributed by atoms with Crippen LogP contribution in [0.3, 0.4) is 0 Å². The van der Waals surface area contributed by atoms with Crippen molar-refractivity contribution in [1.29, 1.82) is 0 Å². The van der Waals surface area contributed by atoms with Gasteiger partial charge < -0.3 is 31.1 Å². The molecule has 2 unspecified atom stereocenters. The lowest BCUT2D eigenvalue weighted by Gasteiger charge is -2.31. The topological polar surface area (TPSA) is 146 Å². The molecule has 4 amide bonds. The van der Waals surface area contributed by atoms with E-state index in [2.05, 4.69) is 21.3 Å². The number of alkyl carbamates (subject to hydrolysis) is 1. The first kappa shape index (κ1) is 35.8. The number of aliphatic hydroxyl groups excluding tert-OH is 1. The molecule has 2 fully saturated rings. The third-order valence-electron chi connectivity index (χ3n) is 8.47. The molecule has 0 radical (unpaired) electrons. The van der Waals surface area contributed by atoms with E-state index in [4.69, 9.17) is 4.74 Å². The first-order valence-corrected chi connectivity index (χ1v) is 16.3. The Labute approximate surface area is 274 Å². The monoisotopic (exact) mass is 656 g/mol. The number of alkyl halides is 2. The summed E-state index contributed by atoms with van der Waals surface area (Å²) in [6, 6.07) is 12.6. The molecule has 2 aromatic carbocycles. The molecule has 2 aromatic rings. The summed E-state index contributed by atoms with van der Waals surface area (Å²) >= 11 is 0. The quantitative estimate of drug-likeness (QED) is 0.194. The molecular formula is C35H46F2N4O6. The number of aliphatic hydroxyl groups is 1. The Hall–Kier alpha value is -4.06. The third-order valence-corrected chi connectivity index (χ3v) is 8.47. The second-order valence-electron chi connectivity index (χ2n) is 13.3. The number of hydrogen-bond acceptors (Lipinski definition) is 6. The van der Waals surface area contributed by atoms with Crippen LogP contribution in [-0.4, -0.2) is 65.8 Å². The number of hydrogen-bond donors (Lipinski definition) is 5. The van der Waals surface area contributed by atoms with E-state index < -0.39 is 60.0 Å². The highest BCUT2D eigenvalue weighted by molar-refractivity contribution is 5.88. The maximum Gasteiger partial charge on any atom is 0.408 e. The molecule has 12 heteroatoms. The summed E-state index contributed by atoms with van der Waals surface area (Å²) in [6.45, 7) is 7.11. The fourth-order valence-corrected chi connectivity index (χ4v) is 5.75. The average molecular weight is 657 g/mol. The molecular weight excluding hydrogens is 610 g/mol. The van der Waals surface area contributed by atoms with Gasteiger partial charge in [0.2, 0.25) is 11.8 Å². The lowest BCUT2D eigenvalue weighted by atomic mass is 9.92. The van der Waals surface area contributed by atoms with Crippen molar-refractivity contribution in [3.63, 3.8) is 0 Å². The summed E-state index contributed by atoms with van der Waals surface area (Å²) in [5.41, 5.74) is 1.02. The lowest BCUT2D eigenvalue weighted by Crippen LogP contribution is -2.57. The van der Waals surface area contributed by atoms with E-state index >= 15 is 8.78 Å². The van der Waals surface area contributed by atoms with Gasteiger partial charge in [0.15, 0.2) is 12.2 Å². The highest BCUT2D eigenvalue weighted by Crippen LogP contribution is 2.38. The van der Waals surface area contributed by atoms with Gasteiger partial charge in [0, 0.05) is 24.1 Å². The van der Waals surface area contributed by atoms with Crippen LogP contribution in [0.4, 0.5) is 13.6 Å². The van der Waals surface area contributed by atoms with Crippen LogP contribution < -0.4 is 21.3 Å². The fraction of sp³-hybridized carbons (Fsp3) is 0.543. The molecule has 4 rings (SSSR count). The van der Waals surface area contributed by atoms with E-state index in [9.17, 15) is 24.3 Å². The van der Waals surface area contributed by atoms with Gasteiger partial charge in [-0.15, -0.1) is 0 Å². The molecule has 1 aliphatic carbocycles. The number of benzene rings is 2. The number of ether oxygens (including phenoxy) is 1. The Bertz CT molecular complexity index is 1400. The summed E-state index contributed by atoms with van der Waals surface area (Å²) in [7, 11) is 0. The van der Waals surface area contributed by atoms with Crippen molar-refractivity contribution in [3.05, 3.63) is 60.2 Å². The molecule has 256 valence electrons. The van der Waals surface area contributed by atoms with Crippen molar-refractivity contribution in [3.8, 4) is 11.1 Å². The molecule has 1 saturated heterocycles. The van der Waals surface area contributed by atoms with Gasteiger partial charge in [0.25, 0.3) is 5.91 Å². The molecule has 0 aromatic heterocycles. The number of amides is 4. The van der Waals surface area contributed by atoms with Crippen LogP contribution in [0.5, 0.6) is 0 Å². The van der Waals surface area contributed by atoms with E-state index in [0.29, 0.717) is 18.5 Å². The minimum Gasteiger partial charge on any atom is -0.439 e. The smallest absolute Gasteiger partial charge is 0.408 e. The second kappa shape index (κ2) is 15.7. The van der Waals surface area contributed by atoms with Gasteiger partial charge in [-0.2, -0.15) is 8.78 Å². The maximum atomic E-state index is 16.0. The Morgan fingerprint density at radius 2 is 1.64 bits per heavy atom. The number of carbonyl (C=O) groups excluding carboxylic acids is 4. The Balaban J connectivity index is 1.49. The first-order chi connectivity index (χ1) is 22.3. The van der Waals surface area contributed by atoms with Gasteiger partial charge >= 0.3 is 12.0 Å². The van der Waals surface area contributed by atoms with Crippen molar-refractivity contribution in [1.82, 2.24) is 21.3 Å². The lowest BCUT2D eigenvalue weighted by molar-refractivity contribution is -0.137. The minimum atomic E-state index is -3.57. The average Bonchev–Trinajstić information content (AvgIpc) is 3.76. The van der Waals surface area contributed by atoms with Gasteiger partial charge in [0.1, 0.15) is 6.04 Å². The largest absolute Gasteiger partial charge is 0.439 e. The summed E-state index contributed by atoms with van der Waals surface area (Å²) in [6.07, 6.45) is -2.55. The summed E-state index contributed by atoms with van der Waals surface area (Å²) < 4.78 is 37.4. The van der Waals surface area contributed by atoms with Gasteiger partial charge in [-0.25, -0.2) is 4.79 Å². The van der Waals surface area contributed by atoms with Crippen LogP contribution in [0.15, 0.2) is 54.6 Å². The SMILES string of the molecule is CC(C)C[C@H](NC(=O)OC(C(C)C)C(F)(F)c1cccc(-c2ccccc2)c1)C(=O)N[C@@H](C[C@@H]1CCNC1=O)C(O)C(=O)NC1CC1. The van der Waals surface area contributed by atoms with E-state index in [1.807, 2.05) is 44.2 Å². The van der Waals surface area contributed by atoms with E-state index in [-0.39, 0.29) is 36.3 Å². The molecule has 10 nitrogen and oxygen atoms in total. The third kappa shape index (κ3) is 9.73. The number of halogens is 2. The van der Waals surface area contributed by atoms with Gasteiger partial charge in [-0.3, -0.25) is 14.4 Å². The van der Waals surface area contributed by atoms with E-state index in [1.54, 1.807) is 6.07 Å². The highest BCUT2D eigenvalue weighted by Gasteiger charge is 2.47. The Morgan fingerprint density at radius 1 is 0.957 bits per heavy atom. The molecule has 1 saturated carbocycles. The van der Waals surface area contributed by atoms with Crippen LogP contribution >= 0.6 is 0 Å². The summed E-state index contributed by atoms with van der Waals surface area (Å²) in [5, 5.41) is 21.4. The Kier molecular flexibility index (Phi) is 11.9. The van der Waals surface area contributed by atoms with Crippen LogP contribution in [0, 0.1) is 17.8 Å². The summed E-state index contributed by atoms with van der Waals surface area (Å²) in [5.74, 6) is -6.65. The number of carbonyl (C=O) groups is 4. The van der Waals surface area contributed by atoms with Gasteiger partial charge in [0.05, 0.1) is 6.04 Å².